The third kappa shape index (κ3) is 5.46. The average Bonchev–Trinajstić information content (AvgIpc) is 2.35. The molecule has 6 heteroatoms. The molecule has 0 atom stereocenters. The van der Waals surface area contributed by atoms with Crippen LogP contribution in [-0.4, -0.2) is 27.2 Å². The van der Waals surface area contributed by atoms with E-state index in [9.17, 15) is 13.2 Å². The van der Waals surface area contributed by atoms with Crippen molar-refractivity contribution in [1.29, 1.82) is 0 Å². The second-order valence-corrected chi connectivity index (χ2v) is 5.38. The Bertz CT molecular complexity index is 456. The van der Waals surface area contributed by atoms with Gasteiger partial charge in [0.05, 0.1) is 19.3 Å². The number of nitrogens with one attached hydrogen (secondary N) is 1. The molecule has 1 aromatic carbocycles. The summed E-state index contributed by atoms with van der Waals surface area (Å²) in [5, 5.41) is 0. The van der Waals surface area contributed by atoms with Crippen molar-refractivity contribution in [3.8, 4) is 0 Å². The van der Waals surface area contributed by atoms with Crippen molar-refractivity contribution in [3.63, 3.8) is 0 Å². The molecule has 0 spiro atoms. The van der Waals surface area contributed by atoms with Crippen molar-refractivity contribution < 1.29 is 17.9 Å². The molecule has 0 aliphatic rings. The summed E-state index contributed by atoms with van der Waals surface area (Å²) in [5.41, 5.74) is 0.870. The molecule has 0 heterocycles. The number of carbonyl (C=O) groups is 1. The highest BCUT2D eigenvalue weighted by atomic mass is 32.2. The molecule has 0 aliphatic carbocycles. The largest absolute Gasteiger partial charge is 0.469 e. The van der Waals surface area contributed by atoms with Gasteiger partial charge in [-0.1, -0.05) is 30.3 Å². The SMILES string of the molecule is COC(=O)CCS(=O)(=O)NCc1ccccc1. The highest BCUT2D eigenvalue weighted by Crippen LogP contribution is 1.99. The number of sulfonamides is 1. The summed E-state index contributed by atoms with van der Waals surface area (Å²) in [4.78, 5) is 10.8. The maximum Gasteiger partial charge on any atom is 0.306 e. The number of carbonyl (C=O) groups excluding carboxylic acids is 1. The van der Waals surface area contributed by atoms with Crippen molar-refractivity contribution >= 4 is 16.0 Å². The van der Waals surface area contributed by atoms with Gasteiger partial charge in [-0.15, -0.1) is 0 Å². The van der Waals surface area contributed by atoms with E-state index in [1.165, 1.54) is 7.11 Å². The van der Waals surface area contributed by atoms with Gasteiger partial charge in [0.15, 0.2) is 0 Å². The van der Waals surface area contributed by atoms with Gasteiger partial charge >= 0.3 is 5.97 Å². The van der Waals surface area contributed by atoms with Crippen LogP contribution < -0.4 is 4.72 Å². The first-order valence-corrected chi connectivity index (χ1v) is 6.77. The third-order valence-electron chi connectivity index (χ3n) is 2.14. The van der Waals surface area contributed by atoms with Gasteiger partial charge in [0, 0.05) is 6.54 Å². The van der Waals surface area contributed by atoms with Crippen molar-refractivity contribution in [1.82, 2.24) is 4.72 Å². The Kier molecular flexibility index (Phi) is 5.11. The Labute approximate surface area is 101 Å². The molecule has 0 fully saturated rings. The van der Waals surface area contributed by atoms with Crippen molar-refractivity contribution in [2.75, 3.05) is 12.9 Å². The smallest absolute Gasteiger partial charge is 0.306 e. The maximum atomic E-state index is 11.5. The molecule has 17 heavy (non-hydrogen) atoms. The van der Waals surface area contributed by atoms with E-state index >= 15 is 0 Å². The maximum absolute atomic E-state index is 11.5. The minimum atomic E-state index is -3.44. The van der Waals surface area contributed by atoms with Crippen molar-refractivity contribution in [2.45, 2.75) is 13.0 Å². The summed E-state index contributed by atoms with van der Waals surface area (Å²) in [6, 6.07) is 9.16. The molecule has 0 amide bonds. The predicted octanol–water partition coefficient (Wildman–Crippen LogP) is 0.669. The fourth-order valence-electron chi connectivity index (χ4n) is 1.18. The lowest BCUT2D eigenvalue weighted by molar-refractivity contribution is -0.140. The van der Waals surface area contributed by atoms with Gasteiger partial charge in [-0.2, -0.15) is 0 Å². The normalized spacial score (nSPS) is 11.1. The summed E-state index contributed by atoms with van der Waals surface area (Å²) in [6.45, 7) is 0.227. The number of methoxy groups -OCH3 is 1. The zero-order valence-electron chi connectivity index (χ0n) is 9.55. The van der Waals surface area contributed by atoms with Gasteiger partial charge in [-0.3, -0.25) is 4.79 Å². The molecule has 0 saturated carbocycles. The Morgan fingerprint density at radius 3 is 2.53 bits per heavy atom. The van der Waals surface area contributed by atoms with E-state index in [-0.39, 0.29) is 18.7 Å². The zero-order chi connectivity index (χ0) is 12.7. The topological polar surface area (TPSA) is 72.5 Å². The fourth-order valence-corrected chi connectivity index (χ4v) is 2.15. The van der Waals surface area contributed by atoms with Crippen LogP contribution in [0.3, 0.4) is 0 Å². The molecule has 0 aromatic heterocycles. The minimum Gasteiger partial charge on any atom is -0.469 e. The Morgan fingerprint density at radius 2 is 1.94 bits per heavy atom. The zero-order valence-corrected chi connectivity index (χ0v) is 10.4. The molecule has 0 saturated heterocycles. The van der Waals surface area contributed by atoms with E-state index in [0.29, 0.717) is 0 Å². The molecule has 1 rings (SSSR count). The van der Waals surface area contributed by atoms with Gasteiger partial charge in [-0.05, 0) is 5.56 Å². The van der Waals surface area contributed by atoms with Crippen LogP contribution in [0.15, 0.2) is 30.3 Å². The predicted molar refractivity (Wildman–Crippen MR) is 63.7 cm³/mol. The third-order valence-corrected chi connectivity index (χ3v) is 3.47. The minimum absolute atomic E-state index is 0.138. The molecule has 1 aromatic rings. The van der Waals surface area contributed by atoms with Gasteiger partial charge < -0.3 is 4.74 Å². The summed E-state index contributed by atoms with van der Waals surface area (Å²) in [5.74, 6) is -0.790. The molecular weight excluding hydrogens is 242 g/mol. The molecular formula is C11H15NO4S. The highest BCUT2D eigenvalue weighted by molar-refractivity contribution is 7.89. The number of benzene rings is 1. The monoisotopic (exact) mass is 257 g/mol. The first-order chi connectivity index (χ1) is 8.03. The standard InChI is InChI=1S/C11H15NO4S/c1-16-11(13)7-8-17(14,15)12-9-10-5-3-2-4-6-10/h2-6,12H,7-9H2,1H3. The van der Waals surface area contributed by atoms with Gasteiger partial charge in [0.25, 0.3) is 0 Å². The van der Waals surface area contributed by atoms with Crippen LogP contribution in [-0.2, 0) is 26.1 Å². The molecule has 94 valence electrons. The van der Waals surface area contributed by atoms with Crippen molar-refractivity contribution in [2.24, 2.45) is 0 Å². The lowest BCUT2D eigenvalue weighted by Gasteiger charge is -2.05. The summed E-state index contributed by atoms with van der Waals surface area (Å²) >= 11 is 0. The molecule has 0 radical (unpaired) electrons. The summed E-state index contributed by atoms with van der Waals surface area (Å²) in [7, 11) is -2.21. The first-order valence-electron chi connectivity index (χ1n) is 5.11. The van der Waals surface area contributed by atoms with E-state index in [2.05, 4.69) is 9.46 Å². The Balaban J connectivity index is 2.42. The fraction of sp³-hybridized carbons (Fsp3) is 0.364. The van der Waals surface area contributed by atoms with Gasteiger partial charge in [0.2, 0.25) is 10.0 Å². The van der Waals surface area contributed by atoms with Crippen molar-refractivity contribution in [3.05, 3.63) is 35.9 Å². The van der Waals surface area contributed by atoms with E-state index in [1.807, 2.05) is 30.3 Å². The summed E-state index contributed by atoms with van der Waals surface area (Å²) < 4.78 is 29.8. The Hall–Kier alpha value is -1.40. The average molecular weight is 257 g/mol. The molecule has 5 nitrogen and oxygen atoms in total. The molecule has 0 unspecified atom stereocenters. The van der Waals surface area contributed by atoms with Gasteiger partial charge in [0.1, 0.15) is 0 Å². The number of esters is 1. The molecule has 0 aliphatic heterocycles. The summed E-state index contributed by atoms with van der Waals surface area (Å²) in [6.07, 6.45) is -0.138. The van der Waals surface area contributed by atoms with E-state index in [1.54, 1.807) is 0 Å². The number of ether oxygens (including phenoxy) is 1. The van der Waals surface area contributed by atoms with Crippen LogP contribution in [0.2, 0.25) is 0 Å². The number of rotatable bonds is 6. The second kappa shape index (κ2) is 6.36. The van der Waals surface area contributed by atoms with E-state index in [0.717, 1.165) is 5.56 Å². The second-order valence-electron chi connectivity index (χ2n) is 3.45. The lowest BCUT2D eigenvalue weighted by atomic mass is 10.2. The van der Waals surface area contributed by atoms with Crippen LogP contribution in [0.1, 0.15) is 12.0 Å². The lowest BCUT2D eigenvalue weighted by Crippen LogP contribution is -2.27. The Morgan fingerprint density at radius 1 is 1.29 bits per heavy atom. The quantitative estimate of drug-likeness (QED) is 0.760. The first kappa shape index (κ1) is 13.7. The number of hydrogen-bond acceptors (Lipinski definition) is 4. The van der Waals surface area contributed by atoms with Crippen LogP contribution >= 0.6 is 0 Å². The highest BCUT2D eigenvalue weighted by Gasteiger charge is 2.12. The van der Waals surface area contributed by atoms with E-state index in [4.69, 9.17) is 0 Å². The van der Waals surface area contributed by atoms with Crippen LogP contribution in [0.5, 0.6) is 0 Å². The van der Waals surface area contributed by atoms with Crippen LogP contribution in [0.25, 0.3) is 0 Å². The van der Waals surface area contributed by atoms with E-state index < -0.39 is 16.0 Å². The number of hydrogen-bond donors (Lipinski definition) is 1. The molecule has 1 N–H and O–H groups in total. The van der Waals surface area contributed by atoms with Gasteiger partial charge in [-0.25, -0.2) is 13.1 Å². The van der Waals surface area contributed by atoms with Crippen LogP contribution in [0, 0.1) is 0 Å². The van der Waals surface area contributed by atoms with Crippen LogP contribution in [0.4, 0.5) is 0 Å². The molecule has 0 bridgehead atoms.